The Morgan fingerprint density at radius 3 is 2.43 bits per heavy atom. The van der Waals surface area contributed by atoms with Gasteiger partial charge in [0.1, 0.15) is 5.69 Å². The number of morpholine rings is 1. The molecule has 0 saturated carbocycles. The Labute approximate surface area is 245 Å². The van der Waals surface area contributed by atoms with Crippen molar-refractivity contribution in [1.29, 1.82) is 0 Å². The van der Waals surface area contributed by atoms with Crippen LogP contribution in [0.3, 0.4) is 0 Å². The highest BCUT2D eigenvalue weighted by atomic mass is 16.5. The summed E-state index contributed by atoms with van der Waals surface area (Å²) < 4.78 is 7.21. The van der Waals surface area contributed by atoms with Crippen molar-refractivity contribution in [3.05, 3.63) is 89.7 Å². The predicted octanol–water partition coefficient (Wildman–Crippen LogP) is 5.74. The summed E-state index contributed by atoms with van der Waals surface area (Å²) in [4.78, 5) is 23.9. The third-order valence-electron chi connectivity index (χ3n) is 7.75. The first-order chi connectivity index (χ1) is 20.2. The molecule has 0 aliphatic carbocycles. The van der Waals surface area contributed by atoms with Gasteiger partial charge in [-0.25, -0.2) is 4.52 Å². The quantitative estimate of drug-likeness (QED) is 0.272. The van der Waals surface area contributed by atoms with Gasteiger partial charge in [-0.1, -0.05) is 45.0 Å². The Hall–Kier alpha value is -4.76. The maximum Gasteiger partial charge on any atom is 0.248 e. The summed E-state index contributed by atoms with van der Waals surface area (Å²) in [5.74, 6) is 0.0394. The van der Waals surface area contributed by atoms with Crippen LogP contribution in [0.25, 0.3) is 28.0 Å². The molecule has 6 rings (SSSR count). The van der Waals surface area contributed by atoms with E-state index in [9.17, 15) is 4.79 Å². The zero-order valence-corrected chi connectivity index (χ0v) is 24.4. The molecule has 214 valence electrons. The van der Waals surface area contributed by atoms with Gasteiger partial charge in [-0.2, -0.15) is 4.98 Å². The SMILES string of the molecule is Cc1c(-c2cc(C(N)=O)ccc2C(C)(C)C)cccc1-c1nccn2nc(Nc3ccc(N4CCOCC4)cc3)nc12. The number of carbonyl (C=O) groups is 1. The van der Waals surface area contributed by atoms with E-state index in [1.54, 1.807) is 23.0 Å². The first-order valence-corrected chi connectivity index (χ1v) is 14.1. The molecule has 0 radical (unpaired) electrons. The number of carbonyl (C=O) groups excluding carboxylic acids is 1. The Balaban J connectivity index is 1.36. The number of rotatable bonds is 6. The standard InChI is InChI=1S/C33H35N7O2/c1-21-25(27-20-22(30(34)41)8-13-28(27)33(2,3)4)6-5-7-26(21)29-31-37-32(38-40(31)15-14-35-29)36-23-9-11-24(12-10-23)39-16-18-42-19-17-39/h5-15,20H,16-19H2,1-4H3,(H2,34,41)(H,36,38). The fourth-order valence-electron chi connectivity index (χ4n) is 5.52. The van der Waals surface area contributed by atoms with Crippen LogP contribution in [0.2, 0.25) is 0 Å². The number of fused-ring (bicyclic) bond motifs is 1. The molecule has 2 aromatic heterocycles. The highest BCUT2D eigenvalue weighted by molar-refractivity contribution is 5.95. The molecule has 3 heterocycles. The van der Waals surface area contributed by atoms with Crippen LogP contribution in [0.1, 0.15) is 42.3 Å². The molecule has 1 aliphatic rings. The van der Waals surface area contributed by atoms with Crippen molar-refractivity contribution < 1.29 is 9.53 Å². The van der Waals surface area contributed by atoms with Gasteiger partial charge in [0, 0.05) is 48.0 Å². The van der Waals surface area contributed by atoms with Crippen molar-refractivity contribution >= 4 is 28.9 Å². The summed E-state index contributed by atoms with van der Waals surface area (Å²) >= 11 is 0. The molecule has 9 nitrogen and oxygen atoms in total. The van der Waals surface area contributed by atoms with Crippen molar-refractivity contribution in [3.8, 4) is 22.4 Å². The van der Waals surface area contributed by atoms with Crippen LogP contribution in [-0.4, -0.2) is 51.8 Å². The van der Waals surface area contributed by atoms with Crippen molar-refractivity contribution in [2.45, 2.75) is 33.1 Å². The van der Waals surface area contributed by atoms with Crippen LogP contribution in [-0.2, 0) is 10.2 Å². The van der Waals surface area contributed by atoms with E-state index in [1.165, 1.54) is 5.69 Å². The van der Waals surface area contributed by atoms with Gasteiger partial charge in [-0.15, -0.1) is 5.10 Å². The molecule has 1 aliphatic heterocycles. The number of primary amides is 1. The second-order valence-electron chi connectivity index (χ2n) is 11.6. The van der Waals surface area contributed by atoms with Gasteiger partial charge in [-0.3, -0.25) is 9.78 Å². The third-order valence-corrected chi connectivity index (χ3v) is 7.75. The Kier molecular flexibility index (Phi) is 7.12. The molecule has 1 saturated heterocycles. The van der Waals surface area contributed by atoms with Crippen LogP contribution < -0.4 is 16.0 Å². The molecule has 0 unspecified atom stereocenters. The average molecular weight is 562 g/mol. The van der Waals surface area contributed by atoms with Crippen LogP contribution in [0.4, 0.5) is 17.3 Å². The highest BCUT2D eigenvalue weighted by Crippen LogP contribution is 2.38. The lowest BCUT2D eigenvalue weighted by Gasteiger charge is -2.28. The minimum atomic E-state index is -0.448. The van der Waals surface area contributed by atoms with Gasteiger partial charge in [0.05, 0.1) is 13.2 Å². The lowest BCUT2D eigenvalue weighted by atomic mass is 9.80. The second-order valence-corrected chi connectivity index (χ2v) is 11.6. The van der Waals surface area contributed by atoms with E-state index in [4.69, 9.17) is 20.4 Å². The van der Waals surface area contributed by atoms with Crippen LogP contribution >= 0.6 is 0 Å². The summed E-state index contributed by atoms with van der Waals surface area (Å²) in [6.45, 7) is 11.9. The predicted molar refractivity (Wildman–Crippen MR) is 166 cm³/mol. The number of anilines is 3. The van der Waals surface area contributed by atoms with Gasteiger partial charge < -0.3 is 20.7 Å². The zero-order chi connectivity index (χ0) is 29.4. The van der Waals surface area contributed by atoms with E-state index in [1.807, 2.05) is 36.4 Å². The first-order valence-electron chi connectivity index (χ1n) is 14.1. The van der Waals surface area contributed by atoms with Crippen molar-refractivity contribution in [1.82, 2.24) is 19.6 Å². The lowest BCUT2D eigenvalue weighted by Crippen LogP contribution is -2.36. The van der Waals surface area contributed by atoms with E-state index in [2.05, 4.69) is 61.2 Å². The Bertz CT molecular complexity index is 1760. The number of hydrogen-bond acceptors (Lipinski definition) is 7. The van der Waals surface area contributed by atoms with Crippen LogP contribution in [0.5, 0.6) is 0 Å². The topological polar surface area (TPSA) is 111 Å². The zero-order valence-electron chi connectivity index (χ0n) is 24.4. The van der Waals surface area contributed by atoms with Gasteiger partial charge >= 0.3 is 0 Å². The van der Waals surface area contributed by atoms with Gasteiger partial charge in [0.25, 0.3) is 0 Å². The molecular weight excluding hydrogens is 526 g/mol. The molecule has 9 heteroatoms. The van der Waals surface area contributed by atoms with E-state index in [-0.39, 0.29) is 5.41 Å². The normalized spacial score (nSPS) is 13.9. The first kappa shape index (κ1) is 27.4. The number of benzene rings is 3. The molecule has 0 atom stereocenters. The van der Waals surface area contributed by atoms with Crippen molar-refractivity contribution in [2.24, 2.45) is 5.73 Å². The average Bonchev–Trinajstić information content (AvgIpc) is 3.40. The molecule has 1 fully saturated rings. The molecule has 0 bridgehead atoms. The van der Waals surface area contributed by atoms with Gasteiger partial charge in [-0.05, 0) is 71.0 Å². The fraction of sp³-hybridized carbons (Fsp3) is 0.273. The number of nitrogens with one attached hydrogen (secondary N) is 1. The fourth-order valence-corrected chi connectivity index (χ4v) is 5.52. The van der Waals surface area contributed by atoms with Gasteiger partial charge in [0.2, 0.25) is 11.9 Å². The van der Waals surface area contributed by atoms with E-state index in [0.717, 1.165) is 65.5 Å². The maximum absolute atomic E-state index is 12.1. The third kappa shape index (κ3) is 5.31. The minimum absolute atomic E-state index is 0.139. The molecule has 1 amide bonds. The molecule has 5 aromatic rings. The van der Waals surface area contributed by atoms with E-state index < -0.39 is 5.91 Å². The number of aromatic nitrogens is 4. The van der Waals surface area contributed by atoms with E-state index >= 15 is 0 Å². The summed E-state index contributed by atoms with van der Waals surface area (Å²) in [6.07, 6.45) is 3.53. The number of hydrogen-bond donors (Lipinski definition) is 2. The Morgan fingerprint density at radius 2 is 1.71 bits per heavy atom. The summed E-state index contributed by atoms with van der Waals surface area (Å²) in [5.41, 5.74) is 14.5. The molecule has 42 heavy (non-hydrogen) atoms. The number of nitrogens with two attached hydrogens (primary N) is 1. The van der Waals surface area contributed by atoms with Crippen molar-refractivity contribution in [2.75, 3.05) is 36.5 Å². The summed E-state index contributed by atoms with van der Waals surface area (Å²) in [5, 5.41) is 8.01. The number of ether oxygens (including phenoxy) is 1. The molecule has 3 N–H and O–H groups in total. The van der Waals surface area contributed by atoms with Gasteiger partial charge in [0.15, 0.2) is 5.65 Å². The van der Waals surface area contributed by atoms with E-state index in [0.29, 0.717) is 17.2 Å². The molecule has 3 aromatic carbocycles. The smallest absolute Gasteiger partial charge is 0.248 e. The van der Waals surface area contributed by atoms with Crippen LogP contribution in [0.15, 0.2) is 73.1 Å². The number of amides is 1. The minimum Gasteiger partial charge on any atom is -0.378 e. The van der Waals surface area contributed by atoms with Crippen molar-refractivity contribution in [3.63, 3.8) is 0 Å². The second kappa shape index (κ2) is 10.9. The molecule has 0 spiro atoms. The number of nitrogens with zero attached hydrogens (tertiary/aromatic N) is 5. The largest absolute Gasteiger partial charge is 0.378 e. The highest BCUT2D eigenvalue weighted by Gasteiger charge is 2.23. The van der Waals surface area contributed by atoms with Crippen LogP contribution in [0, 0.1) is 6.92 Å². The lowest BCUT2D eigenvalue weighted by molar-refractivity contribution is 0.1000. The summed E-state index contributed by atoms with van der Waals surface area (Å²) in [7, 11) is 0. The monoisotopic (exact) mass is 561 g/mol. The molecular formula is C33H35N7O2. The summed E-state index contributed by atoms with van der Waals surface area (Å²) in [6, 6.07) is 20.1. The Morgan fingerprint density at radius 1 is 0.976 bits per heavy atom. The maximum atomic E-state index is 12.1.